The van der Waals surface area contributed by atoms with Crippen LogP contribution >= 0.6 is 0 Å². The third-order valence-electron chi connectivity index (χ3n) is 2.62. The number of carbonyl (C=O) groups is 1. The molecule has 1 heterocycles. The number of phenolic OH excluding ortho intramolecular Hbond substituents is 1. The monoisotopic (exact) mass is 207 g/mol. The van der Waals surface area contributed by atoms with Gasteiger partial charge in [-0.3, -0.25) is 4.79 Å². The summed E-state index contributed by atoms with van der Waals surface area (Å²) in [7, 11) is 1.75. The van der Waals surface area contributed by atoms with E-state index in [0.717, 1.165) is 5.56 Å². The maximum absolute atomic E-state index is 11.4. The maximum Gasteiger partial charge on any atom is 0.248 e. The molecular formula is C11H13NO3. The molecule has 1 amide bonds. The lowest BCUT2D eigenvalue weighted by atomic mass is 10.1. The molecule has 0 aromatic heterocycles. The molecule has 80 valence electrons. The van der Waals surface area contributed by atoms with Crippen LogP contribution in [-0.4, -0.2) is 36.2 Å². The zero-order valence-electron chi connectivity index (χ0n) is 8.51. The summed E-state index contributed by atoms with van der Waals surface area (Å²) in [6, 6.07) is 6.80. The van der Waals surface area contributed by atoms with Gasteiger partial charge in [0.15, 0.2) is 0 Å². The largest absolute Gasteiger partial charge is 0.508 e. The van der Waals surface area contributed by atoms with E-state index in [1.165, 1.54) is 0 Å². The molecule has 0 spiro atoms. The third-order valence-corrected chi connectivity index (χ3v) is 2.62. The minimum absolute atomic E-state index is 0.0328. The van der Waals surface area contributed by atoms with Gasteiger partial charge in [0.25, 0.3) is 0 Å². The molecule has 1 aromatic carbocycles. The van der Waals surface area contributed by atoms with Gasteiger partial charge in [0.1, 0.15) is 12.4 Å². The van der Waals surface area contributed by atoms with Crippen LogP contribution in [0.25, 0.3) is 0 Å². The first-order valence-corrected chi connectivity index (χ1v) is 4.81. The maximum atomic E-state index is 11.4. The fourth-order valence-corrected chi connectivity index (χ4v) is 1.70. The Kier molecular flexibility index (Phi) is 2.60. The molecule has 1 aliphatic rings. The number of rotatable bonds is 1. The predicted molar refractivity (Wildman–Crippen MR) is 54.4 cm³/mol. The third kappa shape index (κ3) is 1.94. The van der Waals surface area contributed by atoms with Crippen LogP contribution in [0.3, 0.4) is 0 Å². The summed E-state index contributed by atoms with van der Waals surface area (Å²) in [5.74, 6) is 0.175. The molecule has 4 nitrogen and oxygen atoms in total. The van der Waals surface area contributed by atoms with E-state index >= 15 is 0 Å². The highest BCUT2D eigenvalue weighted by Crippen LogP contribution is 2.25. The average Bonchev–Trinajstić information content (AvgIpc) is 2.22. The first kappa shape index (κ1) is 9.98. The molecule has 1 fully saturated rings. The van der Waals surface area contributed by atoms with Crippen molar-refractivity contribution in [3.8, 4) is 5.75 Å². The number of amides is 1. The summed E-state index contributed by atoms with van der Waals surface area (Å²) in [5.41, 5.74) is 0.894. The molecule has 1 aliphatic heterocycles. The van der Waals surface area contributed by atoms with Gasteiger partial charge >= 0.3 is 0 Å². The summed E-state index contributed by atoms with van der Waals surface area (Å²) in [5, 5.41) is 9.35. The second kappa shape index (κ2) is 3.90. The SMILES string of the molecule is CN1C(=O)COCC1c1cccc(O)c1. The smallest absolute Gasteiger partial charge is 0.248 e. The molecule has 0 radical (unpaired) electrons. The van der Waals surface area contributed by atoms with Crippen molar-refractivity contribution in [1.29, 1.82) is 0 Å². The lowest BCUT2D eigenvalue weighted by Crippen LogP contribution is -2.41. The number of morpholine rings is 1. The van der Waals surface area contributed by atoms with E-state index in [4.69, 9.17) is 4.74 Å². The Morgan fingerprint density at radius 3 is 3.07 bits per heavy atom. The summed E-state index contributed by atoms with van der Waals surface area (Å²) in [6.45, 7) is 0.623. The van der Waals surface area contributed by atoms with Crippen LogP contribution in [0.15, 0.2) is 24.3 Å². The Balaban J connectivity index is 2.26. The highest BCUT2D eigenvalue weighted by molar-refractivity contribution is 5.78. The van der Waals surface area contributed by atoms with Crippen molar-refractivity contribution in [3.63, 3.8) is 0 Å². The van der Waals surface area contributed by atoms with Crippen LogP contribution < -0.4 is 0 Å². The highest BCUT2D eigenvalue weighted by atomic mass is 16.5. The van der Waals surface area contributed by atoms with Crippen molar-refractivity contribution in [2.24, 2.45) is 0 Å². The number of nitrogens with zero attached hydrogens (tertiary/aromatic N) is 1. The molecule has 4 heteroatoms. The van der Waals surface area contributed by atoms with Crippen molar-refractivity contribution < 1.29 is 14.6 Å². The van der Waals surface area contributed by atoms with Crippen molar-refractivity contribution in [2.75, 3.05) is 20.3 Å². The van der Waals surface area contributed by atoms with Gasteiger partial charge in [-0.2, -0.15) is 0 Å². The molecule has 1 N–H and O–H groups in total. The molecule has 1 unspecified atom stereocenters. The number of carbonyl (C=O) groups excluding carboxylic acids is 1. The van der Waals surface area contributed by atoms with E-state index in [1.54, 1.807) is 30.1 Å². The predicted octanol–water partition coefficient (Wildman–Crippen LogP) is 0.922. The van der Waals surface area contributed by atoms with E-state index in [2.05, 4.69) is 0 Å². The zero-order chi connectivity index (χ0) is 10.8. The summed E-state index contributed by atoms with van der Waals surface area (Å²) in [6.07, 6.45) is 0. The number of hydrogen-bond acceptors (Lipinski definition) is 3. The number of phenols is 1. The van der Waals surface area contributed by atoms with E-state index in [1.807, 2.05) is 6.07 Å². The first-order valence-electron chi connectivity index (χ1n) is 4.81. The van der Waals surface area contributed by atoms with Gasteiger partial charge in [-0.05, 0) is 17.7 Å². The van der Waals surface area contributed by atoms with Crippen molar-refractivity contribution in [2.45, 2.75) is 6.04 Å². The Bertz CT molecular complexity index is 378. The molecule has 0 aliphatic carbocycles. The Morgan fingerprint density at radius 2 is 2.33 bits per heavy atom. The van der Waals surface area contributed by atoms with E-state index < -0.39 is 0 Å². The zero-order valence-corrected chi connectivity index (χ0v) is 8.51. The minimum Gasteiger partial charge on any atom is -0.508 e. The number of ether oxygens (including phenoxy) is 1. The number of hydrogen-bond donors (Lipinski definition) is 1. The number of likely N-dealkylation sites (N-methyl/N-ethyl adjacent to an activating group) is 1. The standard InChI is InChI=1S/C11H13NO3/c1-12-10(6-15-7-11(12)14)8-3-2-4-9(13)5-8/h2-5,10,13H,6-7H2,1H3. The van der Waals surface area contributed by atoms with Gasteiger partial charge in [-0.1, -0.05) is 12.1 Å². The normalized spacial score (nSPS) is 21.8. The Morgan fingerprint density at radius 1 is 1.53 bits per heavy atom. The molecule has 1 saturated heterocycles. The highest BCUT2D eigenvalue weighted by Gasteiger charge is 2.26. The summed E-state index contributed by atoms with van der Waals surface area (Å²) < 4.78 is 5.19. The number of aromatic hydroxyl groups is 1. The van der Waals surface area contributed by atoms with E-state index in [9.17, 15) is 9.90 Å². The Hall–Kier alpha value is -1.55. The summed E-state index contributed by atoms with van der Waals surface area (Å²) >= 11 is 0. The van der Waals surface area contributed by atoms with E-state index in [0.29, 0.717) is 6.61 Å². The molecule has 0 saturated carbocycles. The van der Waals surface area contributed by atoms with Crippen LogP contribution in [0.1, 0.15) is 11.6 Å². The van der Waals surface area contributed by atoms with Gasteiger partial charge in [0.05, 0.1) is 12.6 Å². The summed E-state index contributed by atoms with van der Waals surface area (Å²) in [4.78, 5) is 13.1. The second-order valence-electron chi connectivity index (χ2n) is 3.63. The quantitative estimate of drug-likeness (QED) is 0.745. The average molecular weight is 207 g/mol. The second-order valence-corrected chi connectivity index (χ2v) is 3.63. The van der Waals surface area contributed by atoms with Gasteiger partial charge in [-0.25, -0.2) is 0 Å². The number of benzene rings is 1. The van der Waals surface area contributed by atoms with Crippen LogP contribution in [-0.2, 0) is 9.53 Å². The van der Waals surface area contributed by atoms with Crippen LogP contribution in [0.5, 0.6) is 5.75 Å². The Labute approximate surface area is 88.1 Å². The molecule has 2 rings (SSSR count). The lowest BCUT2D eigenvalue weighted by Gasteiger charge is -2.32. The first-order chi connectivity index (χ1) is 7.18. The van der Waals surface area contributed by atoms with Gasteiger partial charge < -0.3 is 14.7 Å². The van der Waals surface area contributed by atoms with Gasteiger partial charge in [-0.15, -0.1) is 0 Å². The molecule has 1 aromatic rings. The van der Waals surface area contributed by atoms with Crippen molar-refractivity contribution in [3.05, 3.63) is 29.8 Å². The molecule has 0 bridgehead atoms. The lowest BCUT2D eigenvalue weighted by molar-refractivity contribution is -0.146. The van der Waals surface area contributed by atoms with Crippen LogP contribution in [0, 0.1) is 0 Å². The minimum atomic E-state index is -0.0988. The van der Waals surface area contributed by atoms with Crippen LogP contribution in [0.2, 0.25) is 0 Å². The van der Waals surface area contributed by atoms with Gasteiger partial charge in [0.2, 0.25) is 5.91 Å². The van der Waals surface area contributed by atoms with Gasteiger partial charge in [0, 0.05) is 7.05 Å². The molecule has 15 heavy (non-hydrogen) atoms. The molecule has 1 atom stereocenters. The molecular weight excluding hydrogens is 194 g/mol. The fraction of sp³-hybridized carbons (Fsp3) is 0.364. The fourth-order valence-electron chi connectivity index (χ4n) is 1.70. The van der Waals surface area contributed by atoms with Crippen LogP contribution in [0.4, 0.5) is 0 Å². The van der Waals surface area contributed by atoms with E-state index in [-0.39, 0.29) is 24.3 Å². The topological polar surface area (TPSA) is 49.8 Å². The van der Waals surface area contributed by atoms with Crippen molar-refractivity contribution >= 4 is 5.91 Å². The van der Waals surface area contributed by atoms with Crippen molar-refractivity contribution in [1.82, 2.24) is 4.90 Å².